The first kappa shape index (κ1) is 6.12. The first-order valence-corrected chi connectivity index (χ1v) is 2.17. The minimum absolute atomic E-state index is 0.0625. The molecule has 2 nitrogen and oxygen atoms in total. The highest BCUT2D eigenvalue weighted by atomic mass is 19.4. The van der Waals surface area contributed by atoms with Gasteiger partial charge in [0.05, 0.1) is 0 Å². The van der Waals surface area contributed by atoms with Gasteiger partial charge in [0, 0.05) is 12.4 Å². The molecule has 0 unspecified atom stereocenters. The minimum atomic E-state index is -4.37. The molecule has 9 heavy (non-hydrogen) atoms. The third kappa shape index (κ3) is 1.22. The summed E-state index contributed by atoms with van der Waals surface area (Å²) in [7, 11) is 0. The van der Waals surface area contributed by atoms with Crippen LogP contribution in [0.2, 0.25) is 0 Å². The standard InChI is InChI=1S/C4H3F3N2/c5-4(6,7)9-3-1-2-8-9/h1-3H. The highest BCUT2D eigenvalue weighted by molar-refractivity contribution is 4.78. The molecule has 0 spiro atoms. The molecule has 0 aromatic carbocycles. The molecule has 0 aliphatic heterocycles. The van der Waals surface area contributed by atoms with E-state index >= 15 is 0 Å². The summed E-state index contributed by atoms with van der Waals surface area (Å²) in [4.78, 5) is 0. The van der Waals surface area contributed by atoms with Crippen LogP contribution < -0.4 is 0 Å². The third-order valence-corrected chi connectivity index (χ3v) is 0.764. The molecule has 1 rings (SSSR count). The Labute approximate surface area is 48.9 Å². The van der Waals surface area contributed by atoms with Gasteiger partial charge in [-0.3, -0.25) is 0 Å². The Morgan fingerprint density at radius 2 is 2.00 bits per heavy atom. The van der Waals surface area contributed by atoms with Crippen molar-refractivity contribution < 1.29 is 13.2 Å². The molecule has 1 aromatic heterocycles. The molecule has 0 radical (unpaired) electrons. The average Bonchev–Trinajstić information content (AvgIpc) is 2.08. The monoisotopic (exact) mass is 136 g/mol. The van der Waals surface area contributed by atoms with Gasteiger partial charge >= 0.3 is 6.30 Å². The Morgan fingerprint density at radius 3 is 2.22 bits per heavy atom. The van der Waals surface area contributed by atoms with E-state index in [1.54, 1.807) is 0 Å². The van der Waals surface area contributed by atoms with Crippen molar-refractivity contribution >= 4 is 0 Å². The van der Waals surface area contributed by atoms with E-state index in [1.807, 2.05) is 0 Å². The Balaban J connectivity index is 2.90. The van der Waals surface area contributed by atoms with Crippen LogP contribution in [0.5, 0.6) is 0 Å². The lowest BCUT2D eigenvalue weighted by atomic mass is 10.8. The molecule has 5 heteroatoms. The second kappa shape index (κ2) is 1.75. The van der Waals surface area contributed by atoms with Crippen LogP contribution in [0.4, 0.5) is 13.2 Å². The Bertz CT molecular complexity index is 176. The van der Waals surface area contributed by atoms with Gasteiger partial charge in [-0.1, -0.05) is 0 Å². The number of halogens is 3. The van der Waals surface area contributed by atoms with E-state index in [4.69, 9.17) is 0 Å². The van der Waals surface area contributed by atoms with Crippen molar-refractivity contribution in [3.63, 3.8) is 0 Å². The van der Waals surface area contributed by atoms with Crippen LogP contribution in [0.15, 0.2) is 18.5 Å². The maximum absolute atomic E-state index is 11.5. The molecule has 0 amide bonds. The maximum atomic E-state index is 11.5. The summed E-state index contributed by atoms with van der Waals surface area (Å²) in [5, 5.41) is 2.98. The fourth-order valence-corrected chi connectivity index (χ4v) is 0.419. The fraction of sp³-hybridized carbons (Fsp3) is 0.250. The summed E-state index contributed by atoms with van der Waals surface area (Å²) < 4.78 is 34.5. The van der Waals surface area contributed by atoms with Crippen molar-refractivity contribution in [2.75, 3.05) is 0 Å². The van der Waals surface area contributed by atoms with E-state index in [0.29, 0.717) is 0 Å². The first-order valence-electron chi connectivity index (χ1n) is 2.17. The smallest absolute Gasteiger partial charge is 0.179 e. The number of rotatable bonds is 0. The maximum Gasteiger partial charge on any atom is 0.504 e. The molecule has 0 saturated heterocycles. The van der Waals surface area contributed by atoms with Crippen molar-refractivity contribution in [1.82, 2.24) is 9.78 Å². The van der Waals surface area contributed by atoms with Crippen LogP contribution in [-0.2, 0) is 6.30 Å². The van der Waals surface area contributed by atoms with Crippen molar-refractivity contribution in [3.8, 4) is 0 Å². The molecule has 0 saturated carbocycles. The molecule has 1 heterocycles. The Morgan fingerprint density at radius 1 is 1.33 bits per heavy atom. The van der Waals surface area contributed by atoms with E-state index in [1.165, 1.54) is 6.07 Å². The molecule has 50 valence electrons. The average molecular weight is 136 g/mol. The highest BCUT2D eigenvalue weighted by Gasteiger charge is 2.30. The number of hydrogen-bond donors (Lipinski definition) is 0. The number of hydrogen-bond acceptors (Lipinski definition) is 1. The van der Waals surface area contributed by atoms with E-state index < -0.39 is 6.30 Å². The summed E-state index contributed by atoms with van der Waals surface area (Å²) in [5.74, 6) is 0. The van der Waals surface area contributed by atoms with Crippen LogP contribution in [0, 0.1) is 0 Å². The Kier molecular flexibility index (Phi) is 1.19. The molecule has 0 aliphatic carbocycles. The lowest BCUT2D eigenvalue weighted by molar-refractivity contribution is -0.212. The topological polar surface area (TPSA) is 17.8 Å². The van der Waals surface area contributed by atoms with Gasteiger partial charge in [0.1, 0.15) is 0 Å². The highest BCUT2D eigenvalue weighted by Crippen LogP contribution is 2.19. The third-order valence-electron chi connectivity index (χ3n) is 0.764. The van der Waals surface area contributed by atoms with Crippen LogP contribution in [-0.4, -0.2) is 9.78 Å². The van der Waals surface area contributed by atoms with Gasteiger partial charge < -0.3 is 0 Å². The van der Waals surface area contributed by atoms with Crippen molar-refractivity contribution in [2.24, 2.45) is 0 Å². The quantitative estimate of drug-likeness (QED) is 0.526. The molecule has 0 bridgehead atoms. The normalized spacial score (nSPS) is 11.9. The van der Waals surface area contributed by atoms with Gasteiger partial charge in [-0.25, -0.2) is 0 Å². The zero-order chi connectivity index (χ0) is 6.91. The number of alkyl halides is 3. The second-order valence-corrected chi connectivity index (χ2v) is 1.42. The van der Waals surface area contributed by atoms with Crippen LogP contribution in [0.1, 0.15) is 0 Å². The summed E-state index contributed by atoms with van der Waals surface area (Å²) in [6, 6.07) is 1.22. The minimum Gasteiger partial charge on any atom is -0.179 e. The van der Waals surface area contributed by atoms with Gasteiger partial charge in [-0.05, 0) is 6.07 Å². The zero-order valence-corrected chi connectivity index (χ0v) is 4.26. The van der Waals surface area contributed by atoms with E-state index in [-0.39, 0.29) is 4.68 Å². The molecule has 0 N–H and O–H groups in total. The van der Waals surface area contributed by atoms with E-state index in [9.17, 15) is 13.2 Å². The van der Waals surface area contributed by atoms with Gasteiger partial charge in [0.25, 0.3) is 0 Å². The molecular weight excluding hydrogens is 133 g/mol. The summed E-state index contributed by atoms with van der Waals surface area (Å²) in [6.45, 7) is 0. The SMILES string of the molecule is FC(F)(F)n1cccn1. The van der Waals surface area contributed by atoms with E-state index in [2.05, 4.69) is 5.10 Å². The molecule has 0 atom stereocenters. The van der Waals surface area contributed by atoms with Gasteiger partial charge in [0.15, 0.2) is 0 Å². The molecule has 0 aliphatic rings. The first-order chi connectivity index (χ1) is 4.11. The zero-order valence-electron chi connectivity index (χ0n) is 4.26. The van der Waals surface area contributed by atoms with Crippen LogP contribution >= 0.6 is 0 Å². The number of aromatic nitrogens is 2. The largest absolute Gasteiger partial charge is 0.504 e. The predicted molar refractivity (Wildman–Crippen MR) is 23.5 cm³/mol. The van der Waals surface area contributed by atoms with Gasteiger partial charge in [-0.15, -0.1) is 13.2 Å². The van der Waals surface area contributed by atoms with Crippen molar-refractivity contribution in [3.05, 3.63) is 18.5 Å². The molecular formula is C4H3F3N2. The van der Waals surface area contributed by atoms with Gasteiger partial charge in [-0.2, -0.15) is 9.78 Å². The number of nitrogens with zero attached hydrogens (tertiary/aromatic N) is 2. The predicted octanol–water partition coefficient (Wildman–Crippen LogP) is 1.36. The van der Waals surface area contributed by atoms with Gasteiger partial charge in [0.2, 0.25) is 0 Å². The lowest BCUT2D eigenvalue weighted by Gasteiger charge is -2.03. The fourth-order valence-electron chi connectivity index (χ4n) is 0.419. The lowest BCUT2D eigenvalue weighted by Crippen LogP contribution is -2.16. The molecule has 0 fully saturated rings. The van der Waals surface area contributed by atoms with Crippen LogP contribution in [0.3, 0.4) is 0 Å². The van der Waals surface area contributed by atoms with Crippen molar-refractivity contribution in [1.29, 1.82) is 0 Å². The summed E-state index contributed by atoms with van der Waals surface area (Å²) in [5.41, 5.74) is 0. The molecule has 1 aromatic rings. The summed E-state index contributed by atoms with van der Waals surface area (Å²) >= 11 is 0. The second-order valence-electron chi connectivity index (χ2n) is 1.42. The van der Waals surface area contributed by atoms with Crippen LogP contribution in [0.25, 0.3) is 0 Å². The van der Waals surface area contributed by atoms with Crippen molar-refractivity contribution in [2.45, 2.75) is 6.30 Å². The summed E-state index contributed by atoms with van der Waals surface area (Å²) in [6.07, 6.45) is -2.45. The Hall–Kier alpha value is -1.00. The van der Waals surface area contributed by atoms with E-state index in [0.717, 1.165) is 12.4 Å².